The van der Waals surface area contributed by atoms with Crippen LogP contribution in [-0.4, -0.2) is 60.1 Å². The predicted octanol–water partition coefficient (Wildman–Crippen LogP) is 2.31. The van der Waals surface area contributed by atoms with Crippen molar-refractivity contribution in [1.29, 1.82) is 0 Å². The zero-order valence-corrected chi connectivity index (χ0v) is 13.6. The van der Waals surface area contributed by atoms with Crippen molar-refractivity contribution in [2.24, 2.45) is 0 Å². The fraction of sp³-hybridized carbons (Fsp3) is 0.611. The van der Waals surface area contributed by atoms with E-state index in [0.717, 1.165) is 69.5 Å². The van der Waals surface area contributed by atoms with E-state index >= 15 is 0 Å². The van der Waals surface area contributed by atoms with E-state index in [4.69, 9.17) is 5.11 Å². The number of benzene rings is 1. The molecular formula is C18H28N2O2. The van der Waals surface area contributed by atoms with Crippen molar-refractivity contribution in [2.45, 2.75) is 32.6 Å². The van der Waals surface area contributed by atoms with Crippen LogP contribution < -0.4 is 0 Å². The summed E-state index contributed by atoms with van der Waals surface area (Å²) in [6, 6.07) is 7.86. The number of hydrogen-bond acceptors (Lipinski definition) is 3. The second-order valence-electron chi connectivity index (χ2n) is 6.14. The summed E-state index contributed by atoms with van der Waals surface area (Å²) in [5, 5.41) is 8.81. The Kier molecular flexibility index (Phi) is 6.87. The molecule has 22 heavy (non-hydrogen) atoms. The van der Waals surface area contributed by atoms with Gasteiger partial charge in [-0.05, 0) is 57.8 Å². The van der Waals surface area contributed by atoms with E-state index in [1.54, 1.807) is 0 Å². The van der Waals surface area contributed by atoms with Crippen LogP contribution in [0.5, 0.6) is 0 Å². The second kappa shape index (κ2) is 8.91. The SMILES string of the molecule is Cc1cccc(C(=O)N2CCCN(CCCCCO)CC2)c1. The highest BCUT2D eigenvalue weighted by Gasteiger charge is 2.20. The first-order chi connectivity index (χ1) is 10.7. The van der Waals surface area contributed by atoms with Crippen molar-refractivity contribution < 1.29 is 9.90 Å². The van der Waals surface area contributed by atoms with Gasteiger partial charge in [-0.3, -0.25) is 4.79 Å². The number of carbonyl (C=O) groups excluding carboxylic acids is 1. The molecule has 122 valence electrons. The van der Waals surface area contributed by atoms with Crippen molar-refractivity contribution >= 4 is 5.91 Å². The molecule has 0 bridgehead atoms. The number of amides is 1. The van der Waals surface area contributed by atoms with Crippen molar-refractivity contribution in [1.82, 2.24) is 9.80 Å². The molecule has 0 aliphatic carbocycles. The van der Waals surface area contributed by atoms with E-state index < -0.39 is 0 Å². The standard InChI is InChI=1S/C18H28N2O2/c1-16-7-5-8-17(15-16)18(22)20-11-6-10-19(12-13-20)9-3-2-4-14-21/h5,7-8,15,21H,2-4,6,9-14H2,1H3. The number of aryl methyl sites for hydroxylation is 1. The minimum atomic E-state index is 0.158. The van der Waals surface area contributed by atoms with Gasteiger partial charge in [-0.1, -0.05) is 17.7 Å². The van der Waals surface area contributed by atoms with Crippen molar-refractivity contribution in [3.8, 4) is 0 Å². The molecule has 0 spiro atoms. The van der Waals surface area contributed by atoms with Gasteiger partial charge in [0.15, 0.2) is 0 Å². The lowest BCUT2D eigenvalue weighted by atomic mass is 10.1. The second-order valence-corrected chi connectivity index (χ2v) is 6.14. The predicted molar refractivity (Wildman–Crippen MR) is 89.1 cm³/mol. The van der Waals surface area contributed by atoms with E-state index in [2.05, 4.69) is 4.90 Å². The number of aliphatic hydroxyl groups is 1. The molecule has 1 aromatic rings. The first kappa shape index (κ1) is 17.0. The topological polar surface area (TPSA) is 43.8 Å². The van der Waals surface area contributed by atoms with E-state index in [0.29, 0.717) is 6.61 Å². The molecule has 0 saturated carbocycles. The van der Waals surface area contributed by atoms with Crippen LogP contribution in [0.25, 0.3) is 0 Å². The van der Waals surface area contributed by atoms with Crippen molar-refractivity contribution in [2.75, 3.05) is 39.3 Å². The summed E-state index contributed by atoms with van der Waals surface area (Å²) in [7, 11) is 0. The highest BCUT2D eigenvalue weighted by Crippen LogP contribution is 2.11. The van der Waals surface area contributed by atoms with Crippen LogP contribution in [0.2, 0.25) is 0 Å². The Morgan fingerprint density at radius 2 is 2.00 bits per heavy atom. The average molecular weight is 304 g/mol. The summed E-state index contributed by atoms with van der Waals surface area (Å²) in [6.45, 7) is 7.07. The van der Waals surface area contributed by atoms with Gasteiger partial charge in [0.05, 0.1) is 0 Å². The summed E-state index contributed by atoms with van der Waals surface area (Å²) in [6.07, 6.45) is 4.15. The number of carbonyl (C=O) groups is 1. The minimum absolute atomic E-state index is 0.158. The molecule has 1 N–H and O–H groups in total. The molecule has 1 saturated heterocycles. The zero-order chi connectivity index (χ0) is 15.8. The Bertz CT molecular complexity index is 476. The van der Waals surface area contributed by atoms with Gasteiger partial charge < -0.3 is 14.9 Å². The Hall–Kier alpha value is -1.39. The van der Waals surface area contributed by atoms with Crippen LogP contribution in [-0.2, 0) is 0 Å². The third-order valence-electron chi connectivity index (χ3n) is 4.27. The Balaban J connectivity index is 1.83. The first-order valence-corrected chi connectivity index (χ1v) is 8.40. The third kappa shape index (κ3) is 5.11. The third-order valence-corrected chi connectivity index (χ3v) is 4.27. The highest BCUT2D eigenvalue weighted by molar-refractivity contribution is 5.94. The van der Waals surface area contributed by atoms with Crippen LogP contribution >= 0.6 is 0 Å². The van der Waals surface area contributed by atoms with Gasteiger partial charge in [0.2, 0.25) is 0 Å². The lowest BCUT2D eigenvalue weighted by Crippen LogP contribution is -2.35. The molecule has 1 aliphatic rings. The van der Waals surface area contributed by atoms with Crippen LogP contribution in [0.15, 0.2) is 24.3 Å². The van der Waals surface area contributed by atoms with Crippen LogP contribution in [0.1, 0.15) is 41.6 Å². The van der Waals surface area contributed by atoms with Crippen molar-refractivity contribution in [3.05, 3.63) is 35.4 Å². The summed E-state index contributed by atoms with van der Waals surface area (Å²) in [5.41, 5.74) is 1.93. The molecular weight excluding hydrogens is 276 g/mol. The van der Waals surface area contributed by atoms with Gasteiger partial charge in [0.25, 0.3) is 5.91 Å². The van der Waals surface area contributed by atoms with Gasteiger partial charge in [-0.15, -0.1) is 0 Å². The van der Waals surface area contributed by atoms with Gasteiger partial charge in [0, 0.05) is 31.8 Å². The van der Waals surface area contributed by atoms with Gasteiger partial charge in [-0.2, -0.15) is 0 Å². The van der Waals surface area contributed by atoms with E-state index in [9.17, 15) is 4.79 Å². The number of rotatable bonds is 6. The van der Waals surface area contributed by atoms with E-state index in [1.165, 1.54) is 0 Å². The number of unbranched alkanes of at least 4 members (excludes halogenated alkanes) is 2. The Morgan fingerprint density at radius 3 is 2.77 bits per heavy atom. The van der Waals surface area contributed by atoms with Gasteiger partial charge in [-0.25, -0.2) is 0 Å². The summed E-state index contributed by atoms with van der Waals surface area (Å²) in [4.78, 5) is 17.0. The molecule has 1 heterocycles. The molecule has 4 heteroatoms. The molecule has 1 aromatic carbocycles. The molecule has 1 fully saturated rings. The van der Waals surface area contributed by atoms with Crippen LogP contribution in [0.4, 0.5) is 0 Å². The molecule has 4 nitrogen and oxygen atoms in total. The molecule has 1 aliphatic heterocycles. The quantitative estimate of drug-likeness (QED) is 0.820. The Labute approximate surface area is 133 Å². The van der Waals surface area contributed by atoms with Gasteiger partial charge in [0.1, 0.15) is 0 Å². The largest absolute Gasteiger partial charge is 0.396 e. The first-order valence-electron chi connectivity index (χ1n) is 8.40. The van der Waals surface area contributed by atoms with Gasteiger partial charge >= 0.3 is 0 Å². The lowest BCUT2D eigenvalue weighted by molar-refractivity contribution is 0.0761. The number of aliphatic hydroxyl groups excluding tert-OH is 1. The van der Waals surface area contributed by atoms with E-state index in [1.807, 2.05) is 36.1 Å². The fourth-order valence-corrected chi connectivity index (χ4v) is 2.98. The van der Waals surface area contributed by atoms with Crippen LogP contribution in [0.3, 0.4) is 0 Å². The Morgan fingerprint density at radius 1 is 1.14 bits per heavy atom. The molecule has 0 radical (unpaired) electrons. The summed E-state index contributed by atoms with van der Waals surface area (Å²) >= 11 is 0. The smallest absolute Gasteiger partial charge is 0.253 e. The average Bonchev–Trinajstić information content (AvgIpc) is 2.76. The molecule has 0 aromatic heterocycles. The normalized spacial score (nSPS) is 16.5. The fourth-order valence-electron chi connectivity index (χ4n) is 2.98. The molecule has 1 amide bonds. The zero-order valence-electron chi connectivity index (χ0n) is 13.6. The van der Waals surface area contributed by atoms with Crippen LogP contribution in [0, 0.1) is 6.92 Å². The summed E-state index contributed by atoms with van der Waals surface area (Å²) < 4.78 is 0. The monoisotopic (exact) mass is 304 g/mol. The highest BCUT2D eigenvalue weighted by atomic mass is 16.2. The molecule has 0 unspecified atom stereocenters. The summed E-state index contributed by atoms with van der Waals surface area (Å²) in [5.74, 6) is 0.158. The molecule has 0 atom stereocenters. The van der Waals surface area contributed by atoms with Crippen molar-refractivity contribution in [3.63, 3.8) is 0 Å². The number of hydrogen-bond donors (Lipinski definition) is 1. The maximum absolute atomic E-state index is 12.6. The lowest BCUT2D eigenvalue weighted by Gasteiger charge is -2.22. The molecule has 2 rings (SSSR count). The minimum Gasteiger partial charge on any atom is -0.396 e. The maximum atomic E-state index is 12.6. The number of nitrogens with zero attached hydrogens (tertiary/aromatic N) is 2. The van der Waals surface area contributed by atoms with E-state index in [-0.39, 0.29) is 5.91 Å². The maximum Gasteiger partial charge on any atom is 0.253 e.